The fourth-order valence-corrected chi connectivity index (χ4v) is 4.65. The average Bonchev–Trinajstić information content (AvgIpc) is 3.46. The number of aromatic nitrogens is 2. The van der Waals surface area contributed by atoms with Crippen molar-refractivity contribution in [1.82, 2.24) is 15.1 Å². The Bertz CT molecular complexity index is 1420. The molecule has 0 saturated carbocycles. The van der Waals surface area contributed by atoms with Gasteiger partial charge in [0.15, 0.2) is 11.5 Å². The fourth-order valence-electron chi connectivity index (χ4n) is 4.65. The number of rotatable bonds is 8. The molecule has 2 heterocycles. The molecular weight excluding hydrogens is 460 g/mol. The maximum atomic E-state index is 13.5. The molecule has 3 aromatic carbocycles. The Morgan fingerprint density at radius 2 is 1.72 bits per heavy atom. The molecule has 1 unspecified atom stereocenters. The summed E-state index contributed by atoms with van der Waals surface area (Å²) in [7, 11) is 3.17. The molecule has 5 rings (SSSR count). The van der Waals surface area contributed by atoms with Crippen LogP contribution in [0.15, 0.2) is 72.8 Å². The summed E-state index contributed by atoms with van der Waals surface area (Å²) in [5.74, 6) is 1.09. The predicted molar refractivity (Wildman–Crippen MR) is 133 cm³/mol. The maximum Gasteiger partial charge on any atom is 0.273 e. The number of amides is 1. The Morgan fingerprint density at radius 3 is 2.39 bits per heavy atom. The summed E-state index contributed by atoms with van der Waals surface area (Å²) >= 11 is 0. The number of nitro groups is 1. The van der Waals surface area contributed by atoms with Crippen molar-refractivity contribution >= 4 is 11.6 Å². The van der Waals surface area contributed by atoms with Crippen molar-refractivity contribution in [3.05, 3.63) is 105 Å². The lowest BCUT2D eigenvalue weighted by atomic mass is 9.95. The molecule has 1 atom stereocenters. The zero-order chi connectivity index (χ0) is 25.2. The van der Waals surface area contributed by atoms with Crippen molar-refractivity contribution in [3.63, 3.8) is 0 Å². The van der Waals surface area contributed by atoms with Gasteiger partial charge >= 0.3 is 0 Å². The van der Waals surface area contributed by atoms with E-state index in [1.165, 1.54) is 12.1 Å². The number of nitrogens with zero attached hydrogens (tertiary/aromatic N) is 3. The number of aromatic amines is 1. The molecule has 1 aromatic heterocycles. The number of fused-ring (bicyclic) bond motifs is 1. The van der Waals surface area contributed by atoms with Crippen molar-refractivity contribution in [2.24, 2.45) is 0 Å². The largest absolute Gasteiger partial charge is 0.493 e. The normalized spacial score (nSPS) is 14.6. The van der Waals surface area contributed by atoms with Gasteiger partial charge < -0.3 is 14.4 Å². The molecule has 9 heteroatoms. The van der Waals surface area contributed by atoms with Gasteiger partial charge in [-0.2, -0.15) is 5.10 Å². The Balaban J connectivity index is 1.53. The summed E-state index contributed by atoms with van der Waals surface area (Å²) in [4.78, 5) is 26.1. The summed E-state index contributed by atoms with van der Waals surface area (Å²) in [6, 6.07) is 21.2. The Morgan fingerprint density at radius 1 is 1.00 bits per heavy atom. The van der Waals surface area contributed by atoms with Crippen LogP contribution in [-0.2, 0) is 6.42 Å². The van der Waals surface area contributed by atoms with Gasteiger partial charge in [-0.05, 0) is 41.8 Å². The second kappa shape index (κ2) is 9.53. The molecule has 0 aliphatic carbocycles. The molecule has 0 fully saturated rings. The molecule has 4 aromatic rings. The van der Waals surface area contributed by atoms with E-state index in [4.69, 9.17) is 9.47 Å². The highest BCUT2D eigenvalue weighted by atomic mass is 16.6. The zero-order valence-corrected chi connectivity index (χ0v) is 19.8. The monoisotopic (exact) mass is 484 g/mol. The van der Waals surface area contributed by atoms with Crippen LogP contribution in [-0.4, -0.2) is 46.7 Å². The summed E-state index contributed by atoms with van der Waals surface area (Å²) in [5, 5.41) is 18.6. The minimum absolute atomic E-state index is 0.00403. The number of carbonyl (C=O) groups excluding carboxylic acids is 1. The van der Waals surface area contributed by atoms with Crippen molar-refractivity contribution in [3.8, 4) is 22.8 Å². The second-order valence-electron chi connectivity index (χ2n) is 8.42. The van der Waals surface area contributed by atoms with E-state index in [1.54, 1.807) is 31.3 Å². The van der Waals surface area contributed by atoms with E-state index in [0.717, 1.165) is 22.3 Å². The average molecular weight is 485 g/mol. The molecule has 0 spiro atoms. The van der Waals surface area contributed by atoms with Crippen LogP contribution in [0.5, 0.6) is 11.5 Å². The van der Waals surface area contributed by atoms with Crippen LogP contribution >= 0.6 is 0 Å². The van der Waals surface area contributed by atoms with Gasteiger partial charge in [-0.1, -0.05) is 36.4 Å². The first kappa shape index (κ1) is 23.1. The Labute approximate surface area is 207 Å². The third-order valence-electron chi connectivity index (χ3n) is 6.42. The molecule has 0 radical (unpaired) electrons. The van der Waals surface area contributed by atoms with Crippen LogP contribution in [0.25, 0.3) is 11.3 Å². The molecule has 36 heavy (non-hydrogen) atoms. The van der Waals surface area contributed by atoms with Crippen LogP contribution in [0.2, 0.25) is 0 Å². The summed E-state index contributed by atoms with van der Waals surface area (Å²) in [6.07, 6.45) is 0.577. The quantitative estimate of drug-likeness (QED) is 0.284. The number of carbonyl (C=O) groups is 1. The van der Waals surface area contributed by atoms with Gasteiger partial charge in [0.25, 0.3) is 11.6 Å². The smallest absolute Gasteiger partial charge is 0.273 e. The molecule has 0 saturated heterocycles. The maximum absolute atomic E-state index is 13.5. The number of non-ortho nitro benzene ring substituents is 1. The molecule has 1 aliphatic rings. The fraction of sp³-hybridized carbons (Fsp3) is 0.185. The van der Waals surface area contributed by atoms with Crippen LogP contribution in [0.1, 0.15) is 33.2 Å². The van der Waals surface area contributed by atoms with Crippen molar-refractivity contribution < 1.29 is 19.2 Å². The number of nitrogens with one attached hydrogen (secondary N) is 1. The third-order valence-corrected chi connectivity index (χ3v) is 6.42. The van der Waals surface area contributed by atoms with Gasteiger partial charge in [0.2, 0.25) is 0 Å². The topological polar surface area (TPSA) is 111 Å². The first-order valence-electron chi connectivity index (χ1n) is 11.4. The van der Waals surface area contributed by atoms with Crippen molar-refractivity contribution in [2.75, 3.05) is 20.8 Å². The standard InChI is InChI=1S/C27H24N4O5/c1-35-21-13-8-17(16-22(21)36-2)14-15-30-26(19-9-11-20(12-10-19)31(33)34)23-24(18-6-4-3-5-7-18)28-29-25(23)27(30)32/h3-13,16,26H,14-15H2,1-2H3,(H,28,29). The number of benzene rings is 3. The van der Waals surface area contributed by atoms with Gasteiger partial charge in [0.1, 0.15) is 5.69 Å². The first-order valence-corrected chi connectivity index (χ1v) is 11.4. The van der Waals surface area contributed by atoms with Crippen molar-refractivity contribution in [1.29, 1.82) is 0 Å². The molecule has 0 bridgehead atoms. The highest BCUT2D eigenvalue weighted by Crippen LogP contribution is 2.43. The van der Waals surface area contributed by atoms with Gasteiger partial charge in [-0.3, -0.25) is 20.0 Å². The zero-order valence-electron chi connectivity index (χ0n) is 19.8. The SMILES string of the molecule is COc1ccc(CCN2C(=O)c3[nH]nc(-c4ccccc4)c3C2c2ccc([N+](=O)[O-])cc2)cc1OC. The van der Waals surface area contributed by atoms with E-state index >= 15 is 0 Å². The van der Waals surface area contributed by atoms with Crippen LogP contribution in [0.4, 0.5) is 5.69 Å². The van der Waals surface area contributed by atoms with E-state index < -0.39 is 11.0 Å². The number of hydrogen-bond acceptors (Lipinski definition) is 6. The second-order valence-corrected chi connectivity index (χ2v) is 8.42. The van der Waals surface area contributed by atoms with Crippen molar-refractivity contribution in [2.45, 2.75) is 12.5 Å². The number of methoxy groups -OCH3 is 2. The highest BCUT2D eigenvalue weighted by Gasteiger charge is 2.42. The minimum Gasteiger partial charge on any atom is -0.493 e. The lowest BCUT2D eigenvalue weighted by Gasteiger charge is -2.26. The lowest BCUT2D eigenvalue weighted by Crippen LogP contribution is -2.31. The summed E-state index contributed by atoms with van der Waals surface area (Å²) < 4.78 is 10.7. The van der Waals surface area contributed by atoms with Crippen LogP contribution in [0, 0.1) is 10.1 Å². The van der Waals surface area contributed by atoms with E-state index in [9.17, 15) is 14.9 Å². The molecule has 1 amide bonds. The lowest BCUT2D eigenvalue weighted by molar-refractivity contribution is -0.384. The first-order chi connectivity index (χ1) is 17.5. The van der Waals surface area contributed by atoms with Gasteiger partial charge in [-0.25, -0.2) is 0 Å². The van der Waals surface area contributed by atoms with E-state index in [1.807, 2.05) is 48.5 Å². The van der Waals surface area contributed by atoms with Gasteiger partial charge in [0.05, 0.1) is 30.9 Å². The number of nitro benzene ring substituents is 1. The van der Waals surface area contributed by atoms with Crippen LogP contribution in [0.3, 0.4) is 0 Å². The molecular formula is C27H24N4O5. The third kappa shape index (κ3) is 4.04. The summed E-state index contributed by atoms with van der Waals surface area (Å²) in [5.41, 5.74) is 4.54. The highest BCUT2D eigenvalue weighted by molar-refractivity contribution is 6.00. The minimum atomic E-state index is -0.442. The number of ether oxygens (including phenoxy) is 2. The number of H-pyrrole nitrogens is 1. The van der Waals surface area contributed by atoms with E-state index in [2.05, 4.69) is 10.2 Å². The van der Waals surface area contributed by atoms with E-state index in [0.29, 0.717) is 35.9 Å². The van der Waals surface area contributed by atoms with Gasteiger partial charge in [-0.15, -0.1) is 0 Å². The number of hydrogen-bond donors (Lipinski definition) is 1. The molecule has 182 valence electrons. The molecule has 9 nitrogen and oxygen atoms in total. The Hall–Kier alpha value is -4.66. The predicted octanol–water partition coefficient (Wildman–Crippen LogP) is 4.79. The summed E-state index contributed by atoms with van der Waals surface area (Å²) in [6.45, 7) is 0.423. The van der Waals surface area contributed by atoms with Gasteiger partial charge in [0, 0.05) is 29.8 Å². The Kier molecular flexibility index (Phi) is 6.12. The van der Waals surface area contributed by atoms with Crippen LogP contribution < -0.4 is 9.47 Å². The molecule has 1 N–H and O–H groups in total. The molecule has 1 aliphatic heterocycles. The van der Waals surface area contributed by atoms with E-state index in [-0.39, 0.29) is 11.6 Å².